The van der Waals surface area contributed by atoms with Gasteiger partial charge in [0.1, 0.15) is 5.54 Å². The molecule has 3 heteroatoms. The van der Waals surface area contributed by atoms with E-state index in [1.54, 1.807) is 0 Å². The standard InChI is InChI=1S/C17H25NO2/c1-4-14-9-11-17(12-10-14,16(19)20-3)18-15-8-6-5-7-13(15)2/h5-8,14,18H,4,9-12H2,1-3H3. The molecule has 0 bridgehead atoms. The van der Waals surface area contributed by atoms with Crippen LogP contribution >= 0.6 is 0 Å². The quantitative estimate of drug-likeness (QED) is 0.846. The molecule has 20 heavy (non-hydrogen) atoms. The number of hydrogen-bond donors (Lipinski definition) is 1. The maximum absolute atomic E-state index is 12.3. The highest BCUT2D eigenvalue weighted by Crippen LogP contribution is 2.37. The van der Waals surface area contributed by atoms with Gasteiger partial charge in [-0.05, 0) is 50.2 Å². The fourth-order valence-electron chi connectivity index (χ4n) is 3.13. The van der Waals surface area contributed by atoms with Crippen LogP contribution in [-0.2, 0) is 9.53 Å². The molecule has 0 saturated heterocycles. The lowest BCUT2D eigenvalue weighted by atomic mass is 9.75. The SMILES string of the molecule is CCC1CCC(Nc2ccccc2C)(C(=O)OC)CC1. The van der Waals surface area contributed by atoms with E-state index >= 15 is 0 Å². The van der Waals surface area contributed by atoms with E-state index in [9.17, 15) is 4.79 Å². The number of ether oxygens (including phenoxy) is 1. The maximum Gasteiger partial charge on any atom is 0.331 e. The molecule has 2 rings (SSSR count). The van der Waals surface area contributed by atoms with Crippen molar-refractivity contribution < 1.29 is 9.53 Å². The third kappa shape index (κ3) is 2.97. The van der Waals surface area contributed by atoms with Crippen molar-refractivity contribution >= 4 is 11.7 Å². The van der Waals surface area contributed by atoms with E-state index in [4.69, 9.17) is 4.74 Å². The molecule has 0 aliphatic heterocycles. The van der Waals surface area contributed by atoms with E-state index in [0.29, 0.717) is 0 Å². The number of rotatable bonds is 4. The summed E-state index contributed by atoms with van der Waals surface area (Å²) in [6, 6.07) is 8.11. The minimum atomic E-state index is -0.549. The Labute approximate surface area is 121 Å². The minimum Gasteiger partial charge on any atom is -0.467 e. The summed E-state index contributed by atoms with van der Waals surface area (Å²) in [5, 5.41) is 3.48. The molecule has 0 aromatic heterocycles. The topological polar surface area (TPSA) is 38.3 Å². The number of methoxy groups -OCH3 is 1. The smallest absolute Gasteiger partial charge is 0.331 e. The molecule has 1 aliphatic rings. The van der Waals surface area contributed by atoms with Crippen molar-refractivity contribution in [2.45, 2.75) is 51.5 Å². The zero-order valence-corrected chi connectivity index (χ0v) is 12.7. The van der Waals surface area contributed by atoms with E-state index in [0.717, 1.165) is 42.9 Å². The van der Waals surface area contributed by atoms with Crippen LogP contribution in [0.5, 0.6) is 0 Å². The Hall–Kier alpha value is -1.51. The number of para-hydroxylation sites is 1. The van der Waals surface area contributed by atoms with Gasteiger partial charge in [-0.1, -0.05) is 31.5 Å². The number of carbonyl (C=O) groups is 1. The summed E-state index contributed by atoms with van der Waals surface area (Å²) in [6.07, 6.45) is 5.08. The molecule has 0 radical (unpaired) electrons. The second-order valence-corrected chi connectivity index (χ2v) is 5.87. The Bertz CT molecular complexity index is 462. The Morgan fingerprint density at radius 1 is 1.35 bits per heavy atom. The Morgan fingerprint density at radius 2 is 2.00 bits per heavy atom. The molecule has 3 nitrogen and oxygen atoms in total. The van der Waals surface area contributed by atoms with Gasteiger partial charge in [0, 0.05) is 5.69 Å². The van der Waals surface area contributed by atoms with Crippen molar-refractivity contribution in [3.63, 3.8) is 0 Å². The summed E-state index contributed by atoms with van der Waals surface area (Å²) >= 11 is 0. The van der Waals surface area contributed by atoms with Gasteiger partial charge in [0.15, 0.2) is 0 Å². The first kappa shape index (κ1) is 14.9. The molecule has 1 aromatic rings. The Balaban J connectivity index is 2.21. The molecular weight excluding hydrogens is 250 g/mol. The lowest BCUT2D eigenvalue weighted by Gasteiger charge is -2.39. The van der Waals surface area contributed by atoms with Crippen LogP contribution < -0.4 is 5.32 Å². The first-order valence-electron chi connectivity index (χ1n) is 7.53. The van der Waals surface area contributed by atoms with Gasteiger partial charge in [-0.2, -0.15) is 0 Å². The van der Waals surface area contributed by atoms with Crippen LogP contribution in [-0.4, -0.2) is 18.6 Å². The number of esters is 1. The molecule has 1 N–H and O–H groups in total. The highest BCUT2D eigenvalue weighted by molar-refractivity contribution is 5.85. The summed E-state index contributed by atoms with van der Waals surface area (Å²) < 4.78 is 5.07. The van der Waals surface area contributed by atoms with Crippen LogP contribution in [0.15, 0.2) is 24.3 Å². The third-order valence-corrected chi connectivity index (χ3v) is 4.63. The first-order chi connectivity index (χ1) is 9.61. The zero-order chi connectivity index (χ0) is 14.6. The summed E-state index contributed by atoms with van der Waals surface area (Å²) in [5.41, 5.74) is 1.65. The average molecular weight is 275 g/mol. The van der Waals surface area contributed by atoms with Gasteiger partial charge in [-0.25, -0.2) is 4.79 Å². The Kier molecular flexibility index (Phi) is 4.69. The predicted molar refractivity (Wildman–Crippen MR) is 81.8 cm³/mol. The zero-order valence-electron chi connectivity index (χ0n) is 12.7. The van der Waals surface area contributed by atoms with E-state index in [1.807, 2.05) is 18.2 Å². The summed E-state index contributed by atoms with van der Waals surface area (Å²) in [7, 11) is 1.48. The fourth-order valence-corrected chi connectivity index (χ4v) is 3.13. The summed E-state index contributed by atoms with van der Waals surface area (Å²) in [5.74, 6) is 0.613. The fraction of sp³-hybridized carbons (Fsp3) is 0.588. The number of nitrogens with one attached hydrogen (secondary N) is 1. The molecule has 0 atom stereocenters. The van der Waals surface area contributed by atoms with Gasteiger partial charge in [0.2, 0.25) is 0 Å². The van der Waals surface area contributed by atoms with Crippen molar-refractivity contribution in [3.8, 4) is 0 Å². The number of anilines is 1. The second kappa shape index (κ2) is 6.29. The highest BCUT2D eigenvalue weighted by atomic mass is 16.5. The minimum absolute atomic E-state index is 0.129. The van der Waals surface area contributed by atoms with Crippen molar-refractivity contribution in [1.82, 2.24) is 0 Å². The van der Waals surface area contributed by atoms with Crippen LogP contribution in [0.3, 0.4) is 0 Å². The molecule has 0 spiro atoms. The van der Waals surface area contributed by atoms with Gasteiger partial charge >= 0.3 is 5.97 Å². The van der Waals surface area contributed by atoms with E-state index in [1.165, 1.54) is 13.5 Å². The molecular formula is C17H25NO2. The average Bonchev–Trinajstić information content (AvgIpc) is 2.49. The summed E-state index contributed by atoms with van der Waals surface area (Å²) in [6.45, 7) is 4.29. The highest BCUT2D eigenvalue weighted by Gasteiger charge is 2.42. The van der Waals surface area contributed by atoms with Crippen molar-refractivity contribution in [2.24, 2.45) is 5.92 Å². The number of benzene rings is 1. The van der Waals surface area contributed by atoms with Crippen molar-refractivity contribution in [1.29, 1.82) is 0 Å². The van der Waals surface area contributed by atoms with Gasteiger partial charge in [0.25, 0.3) is 0 Å². The molecule has 0 heterocycles. The number of aryl methyl sites for hydroxylation is 1. The van der Waals surface area contributed by atoms with Gasteiger partial charge in [-0.15, -0.1) is 0 Å². The number of carbonyl (C=O) groups excluding carboxylic acids is 1. The van der Waals surface area contributed by atoms with Crippen LogP contribution in [0.2, 0.25) is 0 Å². The first-order valence-corrected chi connectivity index (χ1v) is 7.53. The number of hydrogen-bond acceptors (Lipinski definition) is 3. The molecule has 110 valence electrons. The molecule has 1 aliphatic carbocycles. The van der Waals surface area contributed by atoms with Crippen molar-refractivity contribution in [2.75, 3.05) is 12.4 Å². The normalized spacial score (nSPS) is 26.1. The predicted octanol–water partition coefficient (Wildman–Crippen LogP) is 3.92. The van der Waals surface area contributed by atoms with Gasteiger partial charge in [-0.3, -0.25) is 0 Å². The van der Waals surface area contributed by atoms with E-state index in [2.05, 4.69) is 25.2 Å². The third-order valence-electron chi connectivity index (χ3n) is 4.63. The monoisotopic (exact) mass is 275 g/mol. The summed E-state index contributed by atoms with van der Waals surface area (Å²) in [4.78, 5) is 12.3. The van der Waals surface area contributed by atoms with Crippen LogP contribution in [0.25, 0.3) is 0 Å². The van der Waals surface area contributed by atoms with Crippen LogP contribution in [0.1, 0.15) is 44.6 Å². The van der Waals surface area contributed by atoms with Crippen molar-refractivity contribution in [3.05, 3.63) is 29.8 Å². The van der Waals surface area contributed by atoms with Gasteiger partial charge in [0.05, 0.1) is 7.11 Å². The van der Waals surface area contributed by atoms with Crippen LogP contribution in [0.4, 0.5) is 5.69 Å². The Morgan fingerprint density at radius 3 is 2.55 bits per heavy atom. The maximum atomic E-state index is 12.3. The molecule has 1 saturated carbocycles. The van der Waals surface area contributed by atoms with Crippen LogP contribution in [0, 0.1) is 12.8 Å². The second-order valence-electron chi connectivity index (χ2n) is 5.87. The lowest BCUT2D eigenvalue weighted by Crippen LogP contribution is -2.50. The molecule has 0 amide bonds. The van der Waals surface area contributed by atoms with Gasteiger partial charge < -0.3 is 10.1 Å². The lowest BCUT2D eigenvalue weighted by molar-refractivity contribution is -0.147. The molecule has 1 aromatic carbocycles. The molecule has 0 unspecified atom stereocenters. The van der Waals surface area contributed by atoms with E-state index in [-0.39, 0.29) is 5.97 Å². The van der Waals surface area contributed by atoms with E-state index < -0.39 is 5.54 Å². The molecule has 1 fully saturated rings. The largest absolute Gasteiger partial charge is 0.467 e.